The van der Waals surface area contributed by atoms with Gasteiger partial charge in [-0.15, -0.1) is 0 Å². The Balaban J connectivity index is 0.000000528. The molecule has 0 N–H and O–H groups in total. The lowest BCUT2D eigenvalue weighted by Crippen LogP contribution is -2.19. The molecule has 0 saturated heterocycles. The number of halogens is 1. The molecular formula is C23H32FN. The Bertz CT molecular complexity index is 584. The monoisotopic (exact) mass is 341 g/mol. The zero-order chi connectivity index (χ0) is 18.1. The highest BCUT2D eigenvalue weighted by Crippen LogP contribution is 2.43. The third-order valence-electron chi connectivity index (χ3n) is 5.40. The quantitative estimate of drug-likeness (QED) is 0.576. The van der Waals surface area contributed by atoms with Crippen LogP contribution >= 0.6 is 0 Å². The summed E-state index contributed by atoms with van der Waals surface area (Å²) in [6, 6.07) is 13.5. The Kier molecular flexibility index (Phi) is 8.11. The molecule has 1 aromatic carbocycles. The van der Waals surface area contributed by atoms with Gasteiger partial charge in [0.25, 0.3) is 0 Å². The summed E-state index contributed by atoms with van der Waals surface area (Å²) in [4.78, 5) is 4.83. The van der Waals surface area contributed by atoms with E-state index in [4.69, 9.17) is 4.98 Å². The topological polar surface area (TPSA) is 12.9 Å². The smallest absolute Gasteiger partial charge is 0.0785 e. The van der Waals surface area contributed by atoms with Crippen molar-refractivity contribution < 1.29 is 4.39 Å². The predicted molar refractivity (Wildman–Crippen MR) is 105 cm³/mol. The highest BCUT2D eigenvalue weighted by atomic mass is 19.1. The fourth-order valence-corrected chi connectivity index (χ4v) is 4.37. The molecule has 1 fully saturated rings. The van der Waals surface area contributed by atoms with Crippen molar-refractivity contribution in [2.45, 2.75) is 64.7 Å². The molecule has 0 bridgehead atoms. The maximum Gasteiger partial charge on any atom is 0.0785 e. The van der Waals surface area contributed by atoms with E-state index >= 15 is 0 Å². The lowest BCUT2D eigenvalue weighted by molar-refractivity contribution is 0.324. The van der Waals surface area contributed by atoms with E-state index in [1.165, 1.54) is 43.4 Å². The molecule has 2 heteroatoms. The second-order valence-electron chi connectivity index (χ2n) is 6.62. The van der Waals surface area contributed by atoms with Crippen LogP contribution in [0.2, 0.25) is 0 Å². The summed E-state index contributed by atoms with van der Waals surface area (Å²) in [7, 11) is 0.500. The van der Waals surface area contributed by atoms with Gasteiger partial charge in [0, 0.05) is 12.1 Å². The molecule has 1 saturated carbocycles. The highest BCUT2D eigenvalue weighted by molar-refractivity contribution is 5.42. The van der Waals surface area contributed by atoms with Crippen LogP contribution in [0.15, 0.2) is 42.6 Å². The van der Waals surface area contributed by atoms with Gasteiger partial charge in [-0.25, -0.2) is 0 Å². The number of nitrogens with zero attached hydrogens (tertiary/aromatic N) is 1. The Morgan fingerprint density at radius 2 is 1.48 bits per heavy atom. The molecule has 0 amide bonds. The lowest BCUT2D eigenvalue weighted by atomic mass is 9.74. The number of hydrogen-bond donors (Lipinski definition) is 0. The van der Waals surface area contributed by atoms with Crippen molar-refractivity contribution in [1.29, 1.82) is 0 Å². The zero-order valence-electron chi connectivity index (χ0n) is 16.0. The fraction of sp³-hybridized carbons (Fsp3) is 0.522. The van der Waals surface area contributed by atoms with Crippen LogP contribution in [-0.4, -0.2) is 12.2 Å². The molecule has 1 atom stereocenters. The first-order valence-electron chi connectivity index (χ1n) is 9.83. The minimum absolute atomic E-state index is 0.500. The van der Waals surface area contributed by atoms with Gasteiger partial charge in [0.05, 0.1) is 12.9 Å². The minimum atomic E-state index is 0.500. The highest BCUT2D eigenvalue weighted by Gasteiger charge is 2.32. The summed E-state index contributed by atoms with van der Waals surface area (Å²) in [5, 5.41) is 0. The zero-order valence-corrected chi connectivity index (χ0v) is 16.0. The molecule has 0 spiro atoms. The molecule has 2 aliphatic carbocycles. The van der Waals surface area contributed by atoms with Crippen molar-refractivity contribution in [3.63, 3.8) is 0 Å². The van der Waals surface area contributed by atoms with Crippen LogP contribution in [0.5, 0.6) is 0 Å². The van der Waals surface area contributed by atoms with Crippen molar-refractivity contribution in [2.75, 3.05) is 7.18 Å². The van der Waals surface area contributed by atoms with Crippen molar-refractivity contribution in [2.24, 2.45) is 5.92 Å². The van der Waals surface area contributed by atoms with Crippen molar-refractivity contribution in [1.82, 2.24) is 4.98 Å². The van der Waals surface area contributed by atoms with Crippen LogP contribution < -0.4 is 0 Å². The van der Waals surface area contributed by atoms with Crippen molar-refractivity contribution in [3.05, 3.63) is 65.0 Å². The predicted octanol–water partition coefficient (Wildman–Crippen LogP) is 6.50. The summed E-state index contributed by atoms with van der Waals surface area (Å²) < 4.78 is 9.50. The van der Waals surface area contributed by atoms with E-state index in [-0.39, 0.29) is 0 Å². The third-order valence-corrected chi connectivity index (χ3v) is 5.40. The van der Waals surface area contributed by atoms with E-state index in [0.29, 0.717) is 13.1 Å². The molecule has 1 nitrogen and oxygen atoms in total. The molecule has 2 aromatic rings. The molecule has 0 radical (unpaired) electrons. The Morgan fingerprint density at radius 1 is 0.840 bits per heavy atom. The van der Waals surface area contributed by atoms with Gasteiger partial charge in [-0.05, 0) is 54.4 Å². The SMILES string of the molecule is CC.CF.c1ccc2c(c1)CCc1cccnc1C2C1CCCCC1. The van der Waals surface area contributed by atoms with E-state index < -0.39 is 0 Å². The molecule has 0 aliphatic heterocycles. The summed E-state index contributed by atoms with van der Waals surface area (Å²) in [5.74, 6) is 1.31. The lowest BCUT2D eigenvalue weighted by Gasteiger charge is -2.31. The van der Waals surface area contributed by atoms with Gasteiger partial charge >= 0.3 is 0 Å². The maximum atomic E-state index is 9.50. The third kappa shape index (κ3) is 4.48. The van der Waals surface area contributed by atoms with Gasteiger partial charge in [-0.3, -0.25) is 9.37 Å². The summed E-state index contributed by atoms with van der Waals surface area (Å²) in [6.45, 7) is 4.00. The summed E-state index contributed by atoms with van der Waals surface area (Å²) in [5.41, 5.74) is 5.95. The van der Waals surface area contributed by atoms with E-state index in [2.05, 4.69) is 36.4 Å². The van der Waals surface area contributed by atoms with E-state index in [9.17, 15) is 4.39 Å². The molecule has 1 unspecified atom stereocenters. The molecule has 4 rings (SSSR count). The second-order valence-corrected chi connectivity index (χ2v) is 6.62. The normalized spacial score (nSPS) is 19.1. The Morgan fingerprint density at radius 3 is 2.24 bits per heavy atom. The van der Waals surface area contributed by atoms with Crippen LogP contribution in [0.1, 0.15) is 74.3 Å². The van der Waals surface area contributed by atoms with Gasteiger partial charge < -0.3 is 0 Å². The van der Waals surface area contributed by atoms with Crippen molar-refractivity contribution >= 4 is 0 Å². The van der Waals surface area contributed by atoms with E-state index in [1.807, 2.05) is 20.0 Å². The first kappa shape index (κ1) is 19.6. The number of hydrogen-bond acceptors (Lipinski definition) is 1. The van der Waals surface area contributed by atoms with Crippen LogP contribution in [-0.2, 0) is 12.8 Å². The summed E-state index contributed by atoms with van der Waals surface area (Å²) >= 11 is 0. The number of aryl methyl sites for hydroxylation is 2. The summed E-state index contributed by atoms with van der Waals surface area (Å²) in [6.07, 6.45) is 11.2. The molecular weight excluding hydrogens is 309 g/mol. The molecule has 1 aromatic heterocycles. The number of pyridine rings is 1. The fourth-order valence-electron chi connectivity index (χ4n) is 4.37. The van der Waals surface area contributed by atoms with Crippen LogP contribution in [0, 0.1) is 5.92 Å². The number of rotatable bonds is 1. The number of fused-ring (bicyclic) bond motifs is 2. The van der Waals surface area contributed by atoms with E-state index in [1.54, 1.807) is 11.1 Å². The minimum Gasteiger partial charge on any atom is -0.260 e. The number of benzene rings is 1. The van der Waals surface area contributed by atoms with Gasteiger partial charge in [-0.1, -0.05) is 63.4 Å². The standard InChI is InChI=1S/C20H23N.C2H6.CH3F/c1-2-8-16(9-3-1)19-18-11-5-4-7-15(18)12-13-17-10-6-14-21-20(17)19;2*1-2/h4-7,10-11,14,16,19H,1-3,8-9,12-13H2;1-2H3;1H3. The molecule has 1 heterocycles. The van der Waals surface area contributed by atoms with Crippen LogP contribution in [0.25, 0.3) is 0 Å². The first-order chi connectivity index (χ1) is 12.4. The Hall–Kier alpha value is -1.70. The molecule has 2 aliphatic rings. The van der Waals surface area contributed by atoms with Crippen molar-refractivity contribution in [3.8, 4) is 0 Å². The largest absolute Gasteiger partial charge is 0.260 e. The second kappa shape index (κ2) is 10.3. The molecule has 136 valence electrons. The van der Waals surface area contributed by atoms with Crippen LogP contribution in [0.4, 0.5) is 4.39 Å². The van der Waals surface area contributed by atoms with Crippen LogP contribution in [0.3, 0.4) is 0 Å². The average molecular weight is 342 g/mol. The van der Waals surface area contributed by atoms with Gasteiger partial charge in [0.1, 0.15) is 0 Å². The molecule has 25 heavy (non-hydrogen) atoms. The average Bonchev–Trinajstić information content (AvgIpc) is 2.89. The van der Waals surface area contributed by atoms with E-state index in [0.717, 1.165) is 18.8 Å². The Labute approximate surface area is 152 Å². The van der Waals surface area contributed by atoms with Gasteiger partial charge in [-0.2, -0.15) is 0 Å². The van der Waals surface area contributed by atoms with Gasteiger partial charge in [0.15, 0.2) is 0 Å². The first-order valence-corrected chi connectivity index (χ1v) is 9.83. The number of alkyl halides is 1. The maximum absolute atomic E-state index is 9.50. The van der Waals surface area contributed by atoms with Gasteiger partial charge in [0.2, 0.25) is 0 Å². The number of aromatic nitrogens is 1.